The van der Waals surface area contributed by atoms with Gasteiger partial charge in [0, 0.05) is 43.2 Å². The molecule has 1 heterocycles. The molecule has 7 heteroatoms. The van der Waals surface area contributed by atoms with Gasteiger partial charge in [-0.2, -0.15) is 0 Å². The molecule has 0 aliphatic rings. The van der Waals surface area contributed by atoms with Crippen LogP contribution in [0.3, 0.4) is 0 Å². The Hall–Kier alpha value is -3.32. The quantitative estimate of drug-likeness (QED) is 0.505. The van der Waals surface area contributed by atoms with Gasteiger partial charge in [0.1, 0.15) is 22.9 Å². The van der Waals surface area contributed by atoms with E-state index in [1.807, 2.05) is 48.5 Å². The van der Waals surface area contributed by atoms with Crippen LogP contribution in [-0.4, -0.2) is 18.7 Å². The standard InChI is InChI=1S/C22H23N3O3S/c1-5-29-24-16-9-10-21(28-18-8-6-7-17(13-18)27-4)19(12-16)15-11-20(23-2)22(26)25(3)14-15/h5-14,23-24H,1H2,2-4H3. The first-order valence-corrected chi connectivity index (χ1v) is 9.81. The van der Waals surface area contributed by atoms with E-state index < -0.39 is 0 Å². The van der Waals surface area contributed by atoms with Crippen LogP contribution < -0.4 is 25.1 Å². The van der Waals surface area contributed by atoms with E-state index in [4.69, 9.17) is 9.47 Å². The topological polar surface area (TPSA) is 64.5 Å². The van der Waals surface area contributed by atoms with Crippen LogP contribution in [-0.2, 0) is 7.05 Å². The number of aryl methyl sites for hydroxylation is 1. The molecule has 6 nitrogen and oxygen atoms in total. The van der Waals surface area contributed by atoms with Crippen LogP contribution >= 0.6 is 11.9 Å². The van der Waals surface area contributed by atoms with Crippen molar-refractivity contribution in [2.45, 2.75) is 0 Å². The van der Waals surface area contributed by atoms with Crippen molar-refractivity contribution in [3.05, 3.63) is 77.1 Å². The van der Waals surface area contributed by atoms with Crippen molar-refractivity contribution in [3.8, 4) is 28.4 Å². The minimum absolute atomic E-state index is 0.0944. The molecular formula is C22H23N3O3S. The molecule has 3 aromatic rings. The first-order valence-electron chi connectivity index (χ1n) is 8.93. The largest absolute Gasteiger partial charge is 0.497 e. The number of aromatic nitrogens is 1. The second-order valence-corrected chi connectivity index (χ2v) is 6.96. The Morgan fingerprint density at radius 1 is 1.14 bits per heavy atom. The molecular weight excluding hydrogens is 386 g/mol. The Morgan fingerprint density at radius 2 is 1.93 bits per heavy atom. The summed E-state index contributed by atoms with van der Waals surface area (Å²) in [6.45, 7) is 3.71. The number of ether oxygens (including phenoxy) is 2. The summed E-state index contributed by atoms with van der Waals surface area (Å²) in [5.74, 6) is 2.03. The highest BCUT2D eigenvalue weighted by molar-refractivity contribution is 8.03. The third-order valence-corrected chi connectivity index (χ3v) is 4.79. The summed E-state index contributed by atoms with van der Waals surface area (Å²) < 4.78 is 16.2. The van der Waals surface area contributed by atoms with Crippen molar-refractivity contribution >= 4 is 23.3 Å². The number of hydrogen-bond acceptors (Lipinski definition) is 6. The molecule has 1 aromatic heterocycles. The summed E-state index contributed by atoms with van der Waals surface area (Å²) in [6, 6.07) is 15.0. The maximum absolute atomic E-state index is 12.3. The lowest BCUT2D eigenvalue weighted by atomic mass is 10.0. The van der Waals surface area contributed by atoms with Crippen molar-refractivity contribution in [1.82, 2.24) is 4.57 Å². The summed E-state index contributed by atoms with van der Waals surface area (Å²) in [5.41, 5.74) is 3.00. The maximum Gasteiger partial charge on any atom is 0.273 e. The van der Waals surface area contributed by atoms with E-state index in [1.54, 1.807) is 37.4 Å². The van der Waals surface area contributed by atoms with Gasteiger partial charge in [-0.1, -0.05) is 12.6 Å². The number of methoxy groups -OCH3 is 1. The Bertz CT molecular complexity index is 1080. The number of anilines is 2. The van der Waals surface area contributed by atoms with Gasteiger partial charge in [-0.3, -0.25) is 4.79 Å². The second-order valence-electron chi connectivity index (χ2n) is 6.19. The van der Waals surface area contributed by atoms with Crippen molar-refractivity contribution in [1.29, 1.82) is 0 Å². The van der Waals surface area contributed by atoms with Crippen molar-refractivity contribution < 1.29 is 9.47 Å². The molecule has 0 atom stereocenters. The van der Waals surface area contributed by atoms with Crippen LogP contribution in [0.25, 0.3) is 11.1 Å². The van der Waals surface area contributed by atoms with E-state index in [-0.39, 0.29) is 5.56 Å². The monoisotopic (exact) mass is 409 g/mol. The van der Waals surface area contributed by atoms with E-state index in [0.29, 0.717) is 22.9 Å². The average Bonchev–Trinajstić information content (AvgIpc) is 2.75. The molecule has 29 heavy (non-hydrogen) atoms. The normalized spacial score (nSPS) is 10.3. The minimum Gasteiger partial charge on any atom is -0.497 e. The molecule has 3 rings (SSSR count). The molecule has 0 aliphatic heterocycles. The summed E-state index contributed by atoms with van der Waals surface area (Å²) in [7, 11) is 5.07. The van der Waals surface area contributed by atoms with Gasteiger partial charge < -0.3 is 24.1 Å². The number of nitrogens with one attached hydrogen (secondary N) is 2. The predicted molar refractivity (Wildman–Crippen MR) is 121 cm³/mol. The molecule has 0 spiro atoms. The molecule has 2 N–H and O–H groups in total. The van der Waals surface area contributed by atoms with Gasteiger partial charge in [0.05, 0.1) is 7.11 Å². The predicted octanol–water partition coefficient (Wildman–Crippen LogP) is 5.10. The van der Waals surface area contributed by atoms with Crippen LogP contribution in [0.1, 0.15) is 0 Å². The summed E-state index contributed by atoms with van der Waals surface area (Å²) in [4.78, 5) is 12.3. The Morgan fingerprint density at radius 3 is 2.66 bits per heavy atom. The fourth-order valence-electron chi connectivity index (χ4n) is 2.85. The summed E-state index contributed by atoms with van der Waals surface area (Å²) in [6.07, 6.45) is 1.79. The number of nitrogens with zero attached hydrogens (tertiary/aromatic N) is 1. The van der Waals surface area contributed by atoms with Gasteiger partial charge >= 0.3 is 0 Å². The Balaban J connectivity index is 2.10. The SMILES string of the molecule is C=CSNc1ccc(Oc2cccc(OC)c2)c(-c2cc(NC)c(=O)n(C)c2)c1. The summed E-state index contributed by atoms with van der Waals surface area (Å²) >= 11 is 1.38. The van der Waals surface area contributed by atoms with Gasteiger partial charge in [0.15, 0.2) is 0 Å². The molecule has 0 aliphatic carbocycles. The van der Waals surface area contributed by atoms with Crippen LogP contribution in [0.15, 0.2) is 71.5 Å². The number of pyridine rings is 1. The zero-order valence-corrected chi connectivity index (χ0v) is 17.4. The van der Waals surface area contributed by atoms with Gasteiger partial charge in [0.2, 0.25) is 0 Å². The molecule has 0 saturated heterocycles. The van der Waals surface area contributed by atoms with E-state index in [1.165, 1.54) is 11.9 Å². The molecule has 0 unspecified atom stereocenters. The van der Waals surface area contributed by atoms with E-state index >= 15 is 0 Å². The average molecular weight is 410 g/mol. The summed E-state index contributed by atoms with van der Waals surface area (Å²) in [5, 5.41) is 4.67. The van der Waals surface area contributed by atoms with E-state index in [9.17, 15) is 4.79 Å². The third kappa shape index (κ3) is 4.75. The van der Waals surface area contributed by atoms with Crippen molar-refractivity contribution in [2.24, 2.45) is 7.05 Å². The molecule has 2 aromatic carbocycles. The minimum atomic E-state index is -0.0944. The van der Waals surface area contributed by atoms with Gasteiger partial charge in [-0.15, -0.1) is 0 Å². The first kappa shape index (κ1) is 20.4. The van der Waals surface area contributed by atoms with Crippen molar-refractivity contribution in [3.63, 3.8) is 0 Å². The third-order valence-electron chi connectivity index (χ3n) is 4.27. The highest BCUT2D eigenvalue weighted by Crippen LogP contribution is 2.37. The smallest absolute Gasteiger partial charge is 0.273 e. The molecule has 0 fully saturated rings. The fourth-order valence-corrected chi connectivity index (χ4v) is 3.19. The number of hydrogen-bond donors (Lipinski definition) is 2. The van der Waals surface area contributed by atoms with Crippen LogP contribution in [0.2, 0.25) is 0 Å². The maximum atomic E-state index is 12.3. The van der Waals surface area contributed by atoms with Gasteiger partial charge in [-0.05, 0) is 53.8 Å². The molecule has 0 saturated carbocycles. The van der Waals surface area contributed by atoms with Crippen LogP contribution in [0.5, 0.6) is 17.2 Å². The van der Waals surface area contributed by atoms with Crippen molar-refractivity contribution in [2.75, 3.05) is 24.2 Å². The first-order chi connectivity index (χ1) is 14.0. The molecule has 0 bridgehead atoms. The molecule has 0 amide bonds. The molecule has 0 radical (unpaired) electrons. The lowest BCUT2D eigenvalue weighted by molar-refractivity contribution is 0.409. The zero-order chi connectivity index (χ0) is 20.8. The lowest BCUT2D eigenvalue weighted by Gasteiger charge is -2.15. The zero-order valence-electron chi connectivity index (χ0n) is 16.6. The van der Waals surface area contributed by atoms with Gasteiger partial charge in [0.25, 0.3) is 5.56 Å². The second kappa shape index (κ2) is 9.25. The van der Waals surface area contributed by atoms with Gasteiger partial charge in [-0.25, -0.2) is 0 Å². The number of benzene rings is 2. The highest BCUT2D eigenvalue weighted by Gasteiger charge is 2.13. The van der Waals surface area contributed by atoms with Crippen LogP contribution in [0.4, 0.5) is 11.4 Å². The fraction of sp³-hybridized carbons (Fsp3) is 0.136. The Kier molecular flexibility index (Phi) is 6.51. The Labute approximate surface area is 174 Å². The number of rotatable bonds is 8. The van der Waals surface area contributed by atoms with E-state index in [0.717, 1.165) is 16.8 Å². The van der Waals surface area contributed by atoms with E-state index in [2.05, 4.69) is 16.6 Å². The molecule has 150 valence electrons. The van der Waals surface area contributed by atoms with Crippen LogP contribution in [0, 0.1) is 0 Å². The lowest BCUT2D eigenvalue weighted by Crippen LogP contribution is -2.19. The highest BCUT2D eigenvalue weighted by atomic mass is 32.2.